The van der Waals surface area contributed by atoms with Crippen molar-refractivity contribution < 1.29 is 9.53 Å². The van der Waals surface area contributed by atoms with E-state index in [2.05, 4.69) is 22.8 Å². The van der Waals surface area contributed by atoms with E-state index in [0.29, 0.717) is 22.6 Å². The molecular weight excluding hydrogens is 298 g/mol. The molecule has 2 aromatic heterocycles. The van der Waals surface area contributed by atoms with Gasteiger partial charge in [-0.05, 0) is 25.7 Å². The highest BCUT2D eigenvalue weighted by Crippen LogP contribution is 2.29. The smallest absolute Gasteiger partial charge is 0.233 e. The number of ether oxygens (including phenoxy) is 1. The quantitative estimate of drug-likeness (QED) is 0.692. The molecule has 6 heteroatoms. The molecule has 0 atom stereocenters. The van der Waals surface area contributed by atoms with Gasteiger partial charge < -0.3 is 4.74 Å². The summed E-state index contributed by atoms with van der Waals surface area (Å²) in [5.41, 5.74) is 1.20. The van der Waals surface area contributed by atoms with Crippen molar-refractivity contribution in [2.45, 2.75) is 52.6 Å². The van der Waals surface area contributed by atoms with E-state index in [1.807, 2.05) is 20.8 Å². The average Bonchev–Trinajstić information content (AvgIpc) is 3.05. The van der Waals surface area contributed by atoms with E-state index >= 15 is 0 Å². The molecule has 0 N–H and O–H groups in total. The summed E-state index contributed by atoms with van der Waals surface area (Å²) in [6, 6.07) is 0. The van der Waals surface area contributed by atoms with Gasteiger partial charge in [0.2, 0.25) is 5.88 Å². The predicted octanol–water partition coefficient (Wildman–Crippen LogP) is 3.67. The highest BCUT2D eigenvalue weighted by atomic mass is 32.1. The maximum atomic E-state index is 12.6. The van der Waals surface area contributed by atoms with Crippen LogP contribution in [0.2, 0.25) is 0 Å². The van der Waals surface area contributed by atoms with Gasteiger partial charge >= 0.3 is 0 Å². The second-order valence-electron chi connectivity index (χ2n) is 6.87. The molecular formula is C16H21N3O2S. The second-order valence-corrected chi connectivity index (χ2v) is 7.30. The Labute approximate surface area is 135 Å². The molecule has 118 valence electrons. The van der Waals surface area contributed by atoms with Gasteiger partial charge in [0.25, 0.3) is 0 Å². The molecule has 0 aliphatic heterocycles. The lowest BCUT2D eigenvalue weighted by molar-refractivity contribution is 0.0860. The highest BCUT2D eigenvalue weighted by molar-refractivity contribution is 7.78. The number of Topliss-reactive ketones (excluding diaryl/α,β-unsaturated/α-hetero) is 1. The number of carbonyl (C=O) groups excluding carboxylic acids is 1. The molecule has 2 aromatic rings. The van der Waals surface area contributed by atoms with E-state index in [9.17, 15) is 4.79 Å². The van der Waals surface area contributed by atoms with Gasteiger partial charge in [0, 0.05) is 11.6 Å². The number of fused-ring (bicyclic) bond motifs is 1. The number of thiol groups is 1. The number of hydrogen-bond acceptors (Lipinski definition) is 5. The van der Waals surface area contributed by atoms with Crippen LogP contribution in [0.1, 0.15) is 56.8 Å². The van der Waals surface area contributed by atoms with Gasteiger partial charge in [-0.2, -0.15) is 0 Å². The molecule has 1 saturated carbocycles. The van der Waals surface area contributed by atoms with Crippen LogP contribution in [0.15, 0.2) is 12.4 Å². The first-order chi connectivity index (χ1) is 10.4. The normalized spacial score (nSPS) is 16.4. The van der Waals surface area contributed by atoms with Crippen LogP contribution in [0, 0.1) is 5.41 Å². The molecule has 0 unspecified atom stereocenters. The molecule has 0 amide bonds. The van der Waals surface area contributed by atoms with Crippen LogP contribution < -0.4 is 4.74 Å². The molecule has 1 aliphatic carbocycles. The fourth-order valence-corrected chi connectivity index (χ4v) is 3.03. The third-order valence-electron chi connectivity index (χ3n) is 3.97. The van der Waals surface area contributed by atoms with Crippen molar-refractivity contribution in [1.82, 2.24) is 13.9 Å². The minimum atomic E-state index is -0.480. The lowest BCUT2D eigenvalue weighted by Gasteiger charge is -2.15. The number of carbonyl (C=O) groups is 1. The van der Waals surface area contributed by atoms with Crippen molar-refractivity contribution in [3.05, 3.63) is 18.0 Å². The minimum absolute atomic E-state index is 0.0256. The fraction of sp³-hybridized carbons (Fsp3) is 0.562. The maximum Gasteiger partial charge on any atom is 0.233 e. The Balaban J connectivity index is 2.00. The Hall–Kier alpha value is -1.56. The molecule has 0 saturated heterocycles. The molecule has 0 aromatic carbocycles. The SMILES string of the molecule is CC(C)(C)C(=O)c1cn(S)c2ncc(OC3CCCC3)nc12. The minimum Gasteiger partial charge on any atom is -0.473 e. The third-order valence-corrected chi connectivity index (χ3v) is 4.27. The van der Waals surface area contributed by atoms with Crippen LogP contribution in [-0.4, -0.2) is 25.8 Å². The lowest BCUT2D eigenvalue weighted by Crippen LogP contribution is -2.20. The van der Waals surface area contributed by atoms with Crippen molar-refractivity contribution in [2.24, 2.45) is 5.41 Å². The summed E-state index contributed by atoms with van der Waals surface area (Å²) in [5, 5.41) is 0. The summed E-state index contributed by atoms with van der Waals surface area (Å²) in [6.07, 6.45) is 8.01. The molecule has 0 bridgehead atoms. The number of rotatable bonds is 3. The molecule has 0 spiro atoms. The first-order valence-electron chi connectivity index (χ1n) is 7.65. The predicted molar refractivity (Wildman–Crippen MR) is 88.6 cm³/mol. The number of ketones is 1. The number of aromatic nitrogens is 3. The van der Waals surface area contributed by atoms with Crippen molar-refractivity contribution in [2.75, 3.05) is 0 Å². The van der Waals surface area contributed by atoms with Gasteiger partial charge in [0.15, 0.2) is 11.4 Å². The van der Waals surface area contributed by atoms with Gasteiger partial charge in [-0.1, -0.05) is 33.6 Å². The van der Waals surface area contributed by atoms with Crippen molar-refractivity contribution >= 4 is 29.8 Å². The van der Waals surface area contributed by atoms with Crippen molar-refractivity contribution in [3.63, 3.8) is 0 Å². The summed E-state index contributed by atoms with van der Waals surface area (Å²) in [4.78, 5) is 21.5. The highest BCUT2D eigenvalue weighted by Gasteiger charge is 2.28. The van der Waals surface area contributed by atoms with Gasteiger partial charge in [0.1, 0.15) is 11.6 Å². The number of hydrogen-bond donors (Lipinski definition) is 1. The first kappa shape index (κ1) is 15.3. The summed E-state index contributed by atoms with van der Waals surface area (Å²) >= 11 is 4.33. The lowest BCUT2D eigenvalue weighted by atomic mass is 9.87. The van der Waals surface area contributed by atoms with Gasteiger partial charge in [-0.15, -0.1) is 0 Å². The zero-order valence-corrected chi connectivity index (χ0v) is 14.1. The van der Waals surface area contributed by atoms with Crippen molar-refractivity contribution in [3.8, 4) is 5.88 Å². The zero-order valence-electron chi connectivity index (χ0n) is 13.2. The van der Waals surface area contributed by atoms with E-state index < -0.39 is 5.41 Å². The standard InChI is InChI=1S/C16H21N3O2S/c1-16(2,3)14(20)11-9-19(22)15-13(11)18-12(8-17-15)21-10-6-4-5-7-10/h8-10,22H,4-7H2,1-3H3. The van der Waals surface area contributed by atoms with Crippen LogP contribution in [0.3, 0.4) is 0 Å². The van der Waals surface area contributed by atoms with E-state index in [4.69, 9.17) is 4.74 Å². The first-order valence-corrected chi connectivity index (χ1v) is 8.05. The van der Waals surface area contributed by atoms with E-state index in [1.54, 1.807) is 16.4 Å². The van der Waals surface area contributed by atoms with Crippen LogP contribution in [0.5, 0.6) is 5.88 Å². The topological polar surface area (TPSA) is 57.0 Å². The summed E-state index contributed by atoms with van der Waals surface area (Å²) in [6.45, 7) is 5.68. The summed E-state index contributed by atoms with van der Waals surface area (Å²) in [7, 11) is 0. The van der Waals surface area contributed by atoms with Crippen molar-refractivity contribution in [1.29, 1.82) is 0 Å². The maximum absolute atomic E-state index is 12.6. The third kappa shape index (κ3) is 2.84. The van der Waals surface area contributed by atoms with E-state index in [0.717, 1.165) is 12.8 Å². The monoisotopic (exact) mass is 319 g/mol. The molecule has 2 heterocycles. The Kier molecular flexibility index (Phi) is 3.89. The molecule has 3 rings (SSSR count). The number of nitrogens with zero attached hydrogens (tertiary/aromatic N) is 3. The van der Waals surface area contributed by atoms with Gasteiger partial charge in [0.05, 0.1) is 11.8 Å². The Bertz CT molecular complexity index is 712. The Morgan fingerprint density at radius 3 is 2.68 bits per heavy atom. The average molecular weight is 319 g/mol. The Morgan fingerprint density at radius 2 is 2.05 bits per heavy atom. The molecule has 1 aliphatic rings. The van der Waals surface area contributed by atoms with Gasteiger partial charge in [-0.25, -0.2) is 9.97 Å². The molecule has 1 fully saturated rings. The van der Waals surface area contributed by atoms with E-state index in [1.165, 1.54) is 12.8 Å². The molecule has 0 radical (unpaired) electrons. The van der Waals surface area contributed by atoms with Crippen LogP contribution >= 0.6 is 12.8 Å². The van der Waals surface area contributed by atoms with Crippen LogP contribution in [0.25, 0.3) is 11.2 Å². The second kappa shape index (κ2) is 5.57. The zero-order chi connectivity index (χ0) is 15.9. The fourth-order valence-electron chi connectivity index (χ4n) is 2.76. The summed E-state index contributed by atoms with van der Waals surface area (Å²) in [5.74, 6) is 0.513. The molecule has 5 nitrogen and oxygen atoms in total. The van der Waals surface area contributed by atoms with Gasteiger partial charge in [-0.3, -0.25) is 8.77 Å². The van der Waals surface area contributed by atoms with Crippen LogP contribution in [-0.2, 0) is 0 Å². The van der Waals surface area contributed by atoms with Crippen LogP contribution in [0.4, 0.5) is 0 Å². The molecule has 22 heavy (non-hydrogen) atoms. The largest absolute Gasteiger partial charge is 0.473 e. The Morgan fingerprint density at radius 1 is 1.36 bits per heavy atom. The summed E-state index contributed by atoms with van der Waals surface area (Å²) < 4.78 is 7.44. The van der Waals surface area contributed by atoms with E-state index in [-0.39, 0.29) is 11.9 Å².